The third-order valence-electron chi connectivity index (χ3n) is 2.60. The Morgan fingerprint density at radius 3 is 0.615 bits per heavy atom. The van der Waals surface area contributed by atoms with Crippen LogP contribution in [0.25, 0.3) is 0 Å². The predicted octanol–water partition coefficient (Wildman–Crippen LogP) is 3.73. The van der Waals surface area contributed by atoms with Gasteiger partial charge >= 0.3 is 0 Å². The fraction of sp³-hybridized carbons (Fsp3) is 1.00. The second kappa shape index (κ2) is 3.70. The van der Waals surface area contributed by atoms with Crippen molar-refractivity contribution >= 4 is 29.3 Å². The lowest BCUT2D eigenvalue weighted by Crippen LogP contribution is -2.70. The molecule has 4 heteroatoms. The maximum Gasteiger partial charge on any atom is 0.125 e. The van der Waals surface area contributed by atoms with E-state index in [1.165, 1.54) is 0 Å². The second-order valence-corrected chi connectivity index (χ2v) is 25.2. The Labute approximate surface area is 88.4 Å². The minimum Gasteiger partial charge on any atom is -0.0753 e. The SMILES string of the molecule is C[Si](C)(C)B([Si](C)(C)C)[Si](C)(C)C. The lowest BCUT2D eigenvalue weighted by molar-refractivity contribution is 1.77. The fourth-order valence-corrected chi connectivity index (χ4v) is 35.1. The molecule has 13 heavy (non-hydrogen) atoms. The summed E-state index contributed by atoms with van der Waals surface area (Å²) in [5.74, 6) is 0. The van der Waals surface area contributed by atoms with E-state index >= 15 is 0 Å². The van der Waals surface area contributed by atoms with Crippen LogP contribution in [0, 0.1) is 0 Å². The number of rotatable bonds is 3. The summed E-state index contributed by atoms with van der Waals surface area (Å²) < 4.78 is 0. The summed E-state index contributed by atoms with van der Waals surface area (Å²) in [4.78, 5) is 0. The molecule has 0 aromatic heterocycles. The van der Waals surface area contributed by atoms with Crippen molar-refractivity contribution in [2.45, 2.75) is 58.9 Å². The summed E-state index contributed by atoms with van der Waals surface area (Å²) in [6, 6.07) is 0. The highest BCUT2D eigenvalue weighted by molar-refractivity contribution is 7.81. The molecule has 0 bridgehead atoms. The Balaban J connectivity index is 5.02. The third kappa shape index (κ3) is 4.17. The molecule has 0 rings (SSSR count). The zero-order valence-electron chi connectivity index (χ0n) is 11.1. The summed E-state index contributed by atoms with van der Waals surface area (Å²) in [7, 11) is -2.80. The van der Waals surface area contributed by atoms with E-state index in [4.69, 9.17) is 0 Å². The first-order chi connectivity index (χ1) is 5.37. The van der Waals surface area contributed by atoms with Gasteiger partial charge in [0.1, 0.15) is 5.49 Å². The highest BCUT2D eigenvalue weighted by atomic mass is 28.4. The van der Waals surface area contributed by atoms with E-state index in [9.17, 15) is 0 Å². The van der Waals surface area contributed by atoms with Crippen molar-refractivity contribution in [3.05, 3.63) is 0 Å². The Hall–Kier alpha value is 0.716. The van der Waals surface area contributed by atoms with Crippen molar-refractivity contribution in [1.82, 2.24) is 0 Å². The zero-order chi connectivity index (χ0) is 11.1. The van der Waals surface area contributed by atoms with Gasteiger partial charge in [-0.05, 0) is 0 Å². The average Bonchev–Trinajstić information content (AvgIpc) is 1.44. The van der Waals surface area contributed by atoms with Gasteiger partial charge in [-0.15, -0.1) is 0 Å². The Morgan fingerprint density at radius 1 is 0.462 bits per heavy atom. The summed E-state index contributed by atoms with van der Waals surface area (Å²) in [5, 5.41) is 0. The topological polar surface area (TPSA) is 0 Å². The summed E-state index contributed by atoms with van der Waals surface area (Å²) in [5.41, 5.74) is 1.15. The third-order valence-corrected chi connectivity index (χ3v) is 23.4. The van der Waals surface area contributed by atoms with E-state index in [-0.39, 0.29) is 0 Å². The minimum atomic E-state index is -0.934. The smallest absolute Gasteiger partial charge is 0.0753 e. The summed E-state index contributed by atoms with van der Waals surface area (Å²) >= 11 is 0. The van der Waals surface area contributed by atoms with Gasteiger partial charge in [-0.2, -0.15) is 0 Å². The highest BCUT2D eigenvalue weighted by Gasteiger charge is 2.48. The van der Waals surface area contributed by atoms with Crippen LogP contribution in [0.2, 0.25) is 58.9 Å². The molecule has 0 aromatic rings. The molecule has 0 aliphatic carbocycles. The normalized spacial score (nSPS) is 14.5. The molecule has 0 atom stereocenters. The standard InChI is InChI=1S/C9H27BSi3/c1-11(2,3)10(12(4,5)6)13(7,8)9/h1-9H3. The van der Waals surface area contributed by atoms with E-state index in [2.05, 4.69) is 58.9 Å². The summed E-state index contributed by atoms with van der Waals surface area (Å²) in [6.07, 6.45) is 0. The van der Waals surface area contributed by atoms with Crippen molar-refractivity contribution in [2.75, 3.05) is 0 Å². The van der Waals surface area contributed by atoms with Crippen molar-refractivity contribution in [2.24, 2.45) is 0 Å². The molecular weight excluding hydrogens is 203 g/mol. The van der Waals surface area contributed by atoms with Gasteiger partial charge in [0.15, 0.2) is 0 Å². The van der Waals surface area contributed by atoms with Crippen LogP contribution < -0.4 is 0 Å². The van der Waals surface area contributed by atoms with Crippen LogP contribution in [0.5, 0.6) is 0 Å². The van der Waals surface area contributed by atoms with Gasteiger partial charge in [0.05, 0.1) is 0 Å². The van der Waals surface area contributed by atoms with Crippen LogP contribution >= 0.6 is 0 Å². The molecule has 0 heterocycles. The van der Waals surface area contributed by atoms with Crippen LogP contribution in [0.1, 0.15) is 0 Å². The molecule has 78 valence electrons. The van der Waals surface area contributed by atoms with Gasteiger partial charge in [-0.25, -0.2) is 0 Å². The number of hydrogen-bond donors (Lipinski definition) is 0. The molecule has 0 unspecified atom stereocenters. The van der Waals surface area contributed by atoms with Crippen LogP contribution in [0.4, 0.5) is 0 Å². The van der Waals surface area contributed by atoms with Gasteiger partial charge in [0.25, 0.3) is 0 Å². The lowest BCUT2D eigenvalue weighted by atomic mass is 10.6. The molecule has 0 amide bonds. The van der Waals surface area contributed by atoms with E-state index in [1.807, 2.05) is 0 Å². The zero-order valence-corrected chi connectivity index (χ0v) is 14.1. The number of hydrogen-bond acceptors (Lipinski definition) is 0. The lowest BCUT2D eigenvalue weighted by Gasteiger charge is -2.43. The van der Waals surface area contributed by atoms with Crippen molar-refractivity contribution in [3.8, 4) is 0 Å². The van der Waals surface area contributed by atoms with Crippen LogP contribution in [-0.4, -0.2) is 29.3 Å². The molecule has 0 aliphatic rings. The first kappa shape index (κ1) is 13.7. The van der Waals surface area contributed by atoms with Gasteiger partial charge in [-0.1, -0.05) is 58.9 Å². The maximum atomic E-state index is 2.56. The highest BCUT2D eigenvalue weighted by Crippen LogP contribution is 2.25. The van der Waals surface area contributed by atoms with Crippen molar-refractivity contribution in [3.63, 3.8) is 0 Å². The van der Waals surface area contributed by atoms with Crippen molar-refractivity contribution in [1.29, 1.82) is 0 Å². The molecule has 0 fully saturated rings. The molecule has 0 spiro atoms. The van der Waals surface area contributed by atoms with Crippen LogP contribution in [0.3, 0.4) is 0 Å². The quantitative estimate of drug-likeness (QED) is 0.648. The molecule has 0 nitrogen and oxygen atoms in total. The van der Waals surface area contributed by atoms with E-state index in [1.54, 1.807) is 0 Å². The largest absolute Gasteiger partial charge is 0.125 e. The molecule has 0 saturated heterocycles. The van der Waals surface area contributed by atoms with Gasteiger partial charge in [-0.3, -0.25) is 0 Å². The molecule has 0 N–H and O–H groups in total. The van der Waals surface area contributed by atoms with E-state index < -0.39 is 23.8 Å². The summed E-state index contributed by atoms with van der Waals surface area (Å²) in [6.45, 7) is 23.1. The van der Waals surface area contributed by atoms with Crippen LogP contribution in [0.15, 0.2) is 0 Å². The maximum absolute atomic E-state index is 2.56. The Kier molecular flexibility index (Phi) is 3.90. The van der Waals surface area contributed by atoms with Gasteiger partial charge in [0, 0.05) is 23.8 Å². The molecule has 0 radical (unpaired) electrons. The fourth-order valence-electron chi connectivity index (χ4n) is 3.90. The van der Waals surface area contributed by atoms with Crippen molar-refractivity contribution < 1.29 is 0 Å². The molecule has 0 aliphatic heterocycles. The van der Waals surface area contributed by atoms with Crippen LogP contribution in [-0.2, 0) is 0 Å². The Bertz CT molecular complexity index is 137. The molecular formula is C9H27BSi3. The first-order valence-electron chi connectivity index (χ1n) is 5.37. The van der Waals surface area contributed by atoms with Gasteiger partial charge in [0.2, 0.25) is 0 Å². The molecule has 0 saturated carbocycles. The average molecular weight is 230 g/mol. The predicted molar refractivity (Wildman–Crippen MR) is 75.8 cm³/mol. The first-order valence-corrected chi connectivity index (χ1v) is 16.1. The molecule has 0 aromatic carbocycles. The minimum absolute atomic E-state index is 0.934. The second-order valence-electron chi connectivity index (χ2n) is 7.53. The monoisotopic (exact) mass is 230 g/mol. The van der Waals surface area contributed by atoms with E-state index in [0.29, 0.717) is 0 Å². The van der Waals surface area contributed by atoms with E-state index in [0.717, 1.165) is 5.49 Å². The van der Waals surface area contributed by atoms with Gasteiger partial charge < -0.3 is 0 Å². The Morgan fingerprint density at radius 2 is 0.615 bits per heavy atom.